The van der Waals surface area contributed by atoms with Gasteiger partial charge in [0.25, 0.3) is 0 Å². The van der Waals surface area contributed by atoms with Gasteiger partial charge in [0.05, 0.1) is 32.5 Å². The Morgan fingerprint density at radius 3 is 2.05 bits per heavy atom. The molecule has 0 radical (unpaired) electrons. The molecule has 0 bridgehead atoms. The Morgan fingerprint density at radius 2 is 1.41 bits per heavy atom. The van der Waals surface area contributed by atoms with E-state index < -0.39 is 11.9 Å². The maximum Gasteiger partial charge on any atom is 0.338 e. The number of benzene rings is 2. The maximum atomic E-state index is 11.7. The summed E-state index contributed by atoms with van der Waals surface area (Å²) in [5.41, 5.74) is 2.32. The van der Waals surface area contributed by atoms with E-state index in [9.17, 15) is 9.59 Å². The van der Waals surface area contributed by atoms with E-state index in [2.05, 4.69) is 0 Å². The van der Waals surface area contributed by atoms with Crippen LogP contribution >= 0.6 is 0 Å². The predicted octanol–water partition coefficient (Wildman–Crippen LogP) is 2.94. The molecule has 0 N–H and O–H groups in total. The Bertz CT molecular complexity index is 706. The number of hydrogen-bond acceptors (Lipinski definition) is 5. The predicted molar refractivity (Wildman–Crippen MR) is 81.1 cm³/mol. The summed E-state index contributed by atoms with van der Waals surface area (Å²) in [6.07, 6.45) is 0. The van der Waals surface area contributed by atoms with Crippen LogP contribution in [0.2, 0.25) is 0 Å². The van der Waals surface area contributed by atoms with Crippen molar-refractivity contribution in [3.05, 3.63) is 53.6 Å². The van der Waals surface area contributed by atoms with Crippen molar-refractivity contribution in [2.24, 2.45) is 0 Å². The van der Waals surface area contributed by atoms with Crippen molar-refractivity contribution in [2.45, 2.75) is 0 Å². The lowest BCUT2D eigenvalue weighted by Gasteiger charge is -2.09. The summed E-state index contributed by atoms with van der Waals surface area (Å²) < 4.78 is 14.7. The van der Waals surface area contributed by atoms with Crippen LogP contribution in [0.15, 0.2) is 42.5 Å². The number of carbonyl (C=O) groups is 2. The molecule has 0 aliphatic carbocycles. The third kappa shape index (κ3) is 3.25. The van der Waals surface area contributed by atoms with Gasteiger partial charge < -0.3 is 14.2 Å². The molecule has 2 aromatic carbocycles. The second-order valence-electron chi connectivity index (χ2n) is 4.51. The highest BCUT2D eigenvalue weighted by Crippen LogP contribution is 2.27. The van der Waals surface area contributed by atoms with E-state index in [1.807, 2.05) is 6.07 Å². The summed E-state index contributed by atoms with van der Waals surface area (Å²) in [4.78, 5) is 23.4. The van der Waals surface area contributed by atoms with E-state index in [4.69, 9.17) is 14.2 Å². The highest BCUT2D eigenvalue weighted by molar-refractivity contribution is 5.93. The van der Waals surface area contributed by atoms with Gasteiger partial charge in [0, 0.05) is 0 Å². The summed E-state index contributed by atoms with van der Waals surface area (Å²) in [5, 5.41) is 0. The fourth-order valence-electron chi connectivity index (χ4n) is 2.06. The zero-order valence-electron chi connectivity index (χ0n) is 12.6. The van der Waals surface area contributed by atoms with Crippen molar-refractivity contribution >= 4 is 11.9 Å². The molecular formula is C17H16O5. The molecule has 0 unspecified atom stereocenters. The first-order valence-electron chi connectivity index (χ1n) is 6.55. The van der Waals surface area contributed by atoms with Crippen molar-refractivity contribution in [2.75, 3.05) is 21.3 Å². The normalized spacial score (nSPS) is 9.95. The van der Waals surface area contributed by atoms with Crippen LogP contribution < -0.4 is 4.74 Å². The summed E-state index contributed by atoms with van der Waals surface area (Å²) >= 11 is 0. The minimum absolute atomic E-state index is 0.375. The van der Waals surface area contributed by atoms with Crippen molar-refractivity contribution in [1.29, 1.82) is 0 Å². The number of ether oxygens (including phenoxy) is 3. The van der Waals surface area contributed by atoms with Crippen LogP contribution in [0.5, 0.6) is 5.75 Å². The molecule has 0 atom stereocenters. The minimum atomic E-state index is -0.454. The van der Waals surface area contributed by atoms with E-state index in [0.717, 1.165) is 11.1 Å². The standard InChI is InChI=1S/C17H16O5/c1-20-15-9-13(8-14(10-15)17(19)22-3)11-5-4-6-12(7-11)16(18)21-2/h4-10H,1-3H3. The second-order valence-corrected chi connectivity index (χ2v) is 4.51. The fraction of sp³-hybridized carbons (Fsp3) is 0.176. The van der Waals surface area contributed by atoms with E-state index >= 15 is 0 Å². The van der Waals surface area contributed by atoms with Crippen LogP contribution in [0.3, 0.4) is 0 Å². The molecule has 22 heavy (non-hydrogen) atoms. The number of methoxy groups -OCH3 is 3. The molecule has 0 saturated heterocycles. The largest absolute Gasteiger partial charge is 0.497 e. The van der Waals surface area contributed by atoms with Gasteiger partial charge in [-0.25, -0.2) is 9.59 Å². The summed E-state index contributed by atoms with van der Waals surface area (Å²) in [7, 11) is 4.17. The topological polar surface area (TPSA) is 61.8 Å². The molecule has 0 heterocycles. The lowest BCUT2D eigenvalue weighted by atomic mass is 10.0. The van der Waals surface area contributed by atoms with Crippen molar-refractivity contribution in [3.8, 4) is 16.9 Å². The third-order valence-electron chi connectivity index (χ3n) is 3.18. The molecule has 0 aliphatic heterocycles. The molecule has 5 nitrogen and oxygen atoms in total. The van der Waals surface area contributed by atoms with Gasteiger partial charge in [0.1, 0.15) is 5.75 Å². The van der Waals surface area contributed by atoms with Gasteiger partial charge in [-0.15, -0.1) is 0 Å². The van der Waals surface area contributed by atoms with Crippen LogP contribution in [0.1, 0.15) is 20.7 Å². The first-order valence-corrected chi connectivity index (χ1v) is 6.55. The molecule has 0 saturated carbocycles. The lowest BCUT2D eigenvalue weighted by Crippen LogP contribution is -2.03. The average Bonchev–Trinajstić information content (AvgIpc) is 2.59. The zero-order chi connectivity index (χ0) is 16.1. The van der Waals surface area contributed by atoms with Gasteiger partial charge in [-0.1, -0.05) is 12.1 Å². The van der Waals surface area contributed by atoms with E-state index in [-0.39, 0.29) is 0 Å². The highest BCUT2D eigenvalue weighted by atomic mass is 16.5. The van der Waals surface area contributed by atoms with E-state index in [0.29, 0.717) is 16.9 Å². The third-order valence-corrected chi connectivity index (χ3v) is 3.18. The summed E-state index contributed by atoms with van der Waals surface area (Å²) in [6.45, 7) is 0. The van der Waals surface area contributed by atoms with E-state index in [1.165, 1.54) is 21.3 Å². The number of hydrogen-bond donors (Lipinski definition) is 0. The van der Waals surface area contributed by atoms with Gasteiger partial charge in [-0.05, 0) is 41.5 Å². The fourth-order valence-corrected chi connectivity index (χ4v) is 2.06. The van der Waals surface area contributed by atoms with E-state index in [1.54, 1.807) is 36.4 Å². The van der Waals surface area contributed by atoms with Crippen molar-refractivity contribution in [3.63, 3.8) is 0 Å². The molecule has 2 aromatic rings. The number of esters is 2. The Labute approximate surface area is 128 Å². The maximum absolute atomic E-state index is 11.7. The monoisotopic (exact) mass is 300 g/mol. The molecule has 0 amide bonds. The molecule has 0 aromatic heterocycles. The lowest BCUT2D eigenvalue weighted by molar-refractivity contribution is 0.0591. The number of rotatable bonds is 4. The zero-order valence-corrected chi connectivity index (χ0v) is 12.6. The second kappa shape index (κ2) is 6.76. The minimum Gasteiger partial charge on any atom is -0.497 e. The Hall–Kier alpha value is -2.82. The van der Waals surface area contributed by atoms with Gasteiger partial charge >= 0.3 is 11.9 Å². The van der Waals surface area contributed by atoms with Crippen LogP contribution in [0, 0.1) is 0 Å². The first kappa shape index (κ1) is 15.6. The summed E-state index contributed by atoms with van der Waals surface area (Å²) in [6, 6.07) is 12.0. The Kier molecular flexibility index (Phi) is 4.78. The SMILES string of the molecule is COC(=O)c1cccc(-c2cc(OC)cc(C(=O)OC)c2)c1. The van der Waals surface area contributed by atoms with Gasteiger partial charge in [-0.3, -0.25) is 0 Å². The first-order chi connectivity index (χ1) is 10.6. The van der Waals surface area contributed by atoms with Crippen LogP contribution in [-0.2, 0) is 9.47 Å². The van der Waals surface area contributed by atoms with Crippen LogP contribution in [0.4, 0.5) is 0 Å². The molecule has 5 heteroatoms. The van der Waals surface area contributed by atoms with Crippen molar-refractivity contribution in [1.82, 2.24) is 0 Å². The average molecular weight is 300 g/mol. The summed E-state index contributed by atoms with van der Waals surface area (Å²) in [5.74, 6) is -0.344. The smallest absolute Gasteiger partial charge is 0.338 e. The molecular weight excluding hydrogens is 284 g/mol. The van der Waals surface area contributed by atoms with Gasteiger partial charge in [0.15, 0.2) is 0 Å². The van der Waals surface area contributed by atoms with Gasteiger partial charge in [-0.2, -0.15) is 0 Å². The molecule has 0 fully saturated rings. The molecule has 0 aliphatic rings. The van der Waals surface area contributed by atoms with Crippen molar-refractivity contribution < 1.29 is 23.8 Å². The van der Waals surface area contributed by atoms with Crippen LogP contribution in [-0.4, -0.2) is 33.3 Å². The highest BCUT2D eigenvalue weighted by Gasteiger charge is 2.12. The molecule has 114 valence electrons. The quantitative estimate of drug-likeness (QED) is 0.812. The van der Waals surface area contributed by atoms with Crippen LogP contribution in [0.25, 0.3) is 11.1 Å². The number of carbonyl (C=O) groups excluding carboxylic acids is 2. The van der Waals surface area contributed by atoms with Gasteiger partial charge in [0.2, 0.25) is 0 Å². The molecule has 2 rings (SSSR count). The molecule has 0 spiro atoms. The Balaban J connectivity index is 2.52. The Morgan fingerprint density at radius 1 is 0.773 bits per heavy atom.